The van der Waals surface area contributed by atoms with Crippen molar-refractivity contribution >= 4 is 23.6 Å². The number of halogens is 1. The molecule has 1 fully saturated rings. The molecule has 0 N–H and O–H groups in total. The van der Waals surface area contributed by atoms with Crippen molar-refractivity contribution in [3.63, 3.8) is 0 Å². The van der Waals surface area contributed by atoms with Crippen molar-refractivity contribution in [1.82, 2.24) is 0 Å². The van der Waals surface area contributed by atoms with E-state index in [0.717, 1.165) is 31.2 Å². The standard InChI is InChI=1S/C23H21ClO2/c24-19-11-8-17(9-12-19)10-13-20-16-21(18-6-2-1-3-7-18)23(22(25)26-20)14-4-5-15-23/h1-3,6-13,16,21H,4-5,14-15H2. The molecule has 0 bridgehead atoms. The third-order valence-corrected chi connectivity index (χ3v) is 5.76. The van der Waals surface area contributed by atoms with Crippen molar-refractivity contribution in [2.24, 2.45) is 5.41 Å². The van der Waals surface area contributed by atoms with Crippen LogP contribution in [0, 0.1) is 5.41 Å². The first-order valence-corrected chi connectivity index (χ1v) is 9.48. The quantitative estimate of drug-likeness (QED) is 0.611. The minimum atomic E-state index is -0.404. The number of esters is 1. The third-order valence-electron chi connectivity index (χ3n) is 5.51. The number of carbonyl (C=O) groups is 1. The van der Waals surface area contributed by atoms with Gasteiger partial charge < -0.3 is 4.74 Å². The zero-order chi connectivity index (χ0) is 18.0. The lowest BCUT2D eigenvalue weighted by Gasteiger charge is -2.37. The summed E-state index contributed by atoms with van der Waals surface area (Å²) in [6.45, 7) is 0. The van der Waals surface area contributed by atoms with Crippen molar-refractivity contribution in [2.45, 2.75) is 31.6 Å². The SMILES string of the molecule is O=C1OC(C=Cc2ccc(Cl)cc2)=CC(c2ccccc2)C12CCCC2. The molecule has 1 aliphatic heterocycles. The summed E-state index contributed by atoms with van der Waals surface area (Å²) in [7, 11) is 0. The lowest BCUT2D eigenvalue weighted by Crippen LogP contribution is -2.38. The van der Waals surface area contributed by atoms with E-state index in [4.69, 9.17) is 16.3 Å². The van der Waals surface area contributed by atoms with Crippen LogP contribution >= 0.6 is 11.6 Å². The van der Waals surface area contributed by atoms with E-state index in [0.29, 0.717) is 10.8 Å². The number of allylic oxidation sites excluding steroid dienone is 2. The number of cyclic esters (lactones) is 1. The highest BCUT2D eigenvalue weighted by Crippen LogP contribution is 2.53. The summed E-state index contributed by atoms with van der Waals surface area (Å²) >= 11 is 5.93. The van der Waals surface area contributed by atoms with Crippen LogP contribution in [0.3, 0.4) is 0 Å². The Balaban J connectivity index is 1.68. The molecule has 3 heteroatoms. The molecule has 0 amide bonds. The molecule has 2 aromatic carbocycles. The van der Waals surface area contributed by atoms with Crippen LogP contribution < -0.4 is 0 Å². The van der Waals surface area contributed by atoms with Crippen molar-refractivity contribution in [3.05, 3.63) is 88.7 Å². The van der Waals surface area contributed by atoms with Gasteiger partial charge in [0.1, 0.15) is 5.76 Å². The van der Waals surface area contributed by atoms with Gasteiger partial charge in [0, 0.05) is 10.9 Å². The third kappa shape index (κ3) is 3.22. The number of hydrogen-bond donors (Lipinski definition) is 0. The molecule has 0 aromatic heterocycles. The molecule has 2 aromatic rings. The Hall–Kier alpha value is -2.32. The van der Waals surface area contributed by atoms with Crippen LogP contribution in [0.5, 0.6) is 0 Å². The Labute approximate surface area is 159 Å². The van der Waals surface area contributed by atoms with Crippen LogP contribution in [0.4, 0.5) is 0 Å². The van der Waals surface area contributed by atoms with E-state index in [1.807, 2.05) is 54.6 Å². The zero-order valence-corrected chi connectivity index (χ0v) is 15.3. The number of ether oxygens (including phenoxy) is 1. The molecule has 1 spiro atoms. The van der Waals surface area contributed by atoms with Gasteiger partial charge in [-0.15, -0.1) is 0 Å². The highest BCUT2D eigenvalue weighted by atomic mass is 35.5. The van der Waals surface area contributed by atoms with Crippen molar-refractivity contribution in [3.8, 4) is 0 Å². The van der Waals surface area contributed by atoms with Crippen LogP contribution in [0.1, 0.15) is 42.7 Å². The summed E-state index contributed by atoms with van der Waals surface area (Å²) in [6.07, 6.45) is 9.91. The van der Waals surface area contributed by atoms with Gasteiger partial charge in [-0.1, -0.05) is 73.0 Å². The molecule has 132 valence electrons. The molecule has 0 saturated heterocycles. The van der Waals surface area contributed by atoms with Gasteiger partial charge in [0.15, 0.2) is 0 Å². The van der Waals surface area contributed by atoms with E-state index in [2.05, 4.69) is 18.2 Å². The lowest BCUT2D eigenvalue weighted by molar-refractivity contribution is -0.153. The van der Waals surface area contributed by atoms with E-state index in [1.54, 1.807) is 0 Å². The van der Waals surface area contributed by atoms with E-state index in [9.17, 15) is 4.79 Å². The van der Waals surface area contributed by atoms with E-state index in [-0.39, 0.29) is 11.9 Å². The molecule has 1 saturated carbocycles. The minimum absolute atomic E-state index is 0.0670. The zero-order valence-electron chi connectivity index (χ0n) is 14.5. The first kappa shape index (κ1) is 17.1. The highest BCUT2D eigenvalue weighted by molar-refractivity contribution is 6.30. The normalized spacial score (nSPS) is 21.8. The Kier molecular flexibility index (Phi) is 4.69. The van der Waals surface area contributed by atoms with Crippen LogP contribution in [0.15, 0.2) is 72.5 Å². The second kappa shape index (κ2) is 7.13. The van der Waals surface area contributed by atoms with Crippen LogP contribution in [0.2, 0.25) is 5.02 Å². The van der Waals surface area contributed by atoms with Gasteiger partial charge in [-0.25, -0.2) is 0 Å². The molecular weight excluding hydrogens is 344 g/mol. The fourth-order valence-electron chi connectivity index (χ4n) is 4.13. The summed E-state index contributed by atoms with van der Waals surface area (Å²) in [5, 5.41) is 0.706. The summed E-state index contributed by atoms with van der Waals surface area (Å²) in [5.41, 5.74) is 1.80. The molecule has 1 atom stereocenters. The average molecular weight is 365 g/mol. The second-order valence-electron chi connectivity index (χ2n) is 7.10. The number of carbonyl (C=O) groups excluding carboxylic acids is 1. The van der Waals surface area contributed by atoms with Crippen LogP contribution in [-0.4, -0.2) is 5.97 Å². The Morgan fingerprint density at radius 1 is 0.962 bits per heavy atom. The van der Waals surface area contributed by atoms with E-state index < -0.39 is 5.41 Å². The van der Waals surface area contributed by atoms with E-state index >= 15 is 0 Å². The van der Waals surface area contributed by atoms with E-state index in [1.165, 1.54) is 5.56 Å². The highest BCUT2D eigenvalue weighted by Gasteiger charge is 2.51. The lowest BCUT2D eigenvalue weighted by atomic mass is 9.69. The number of benzene rings is 2. The largest absolute Gasteiger partial charge is 0.426 e. The first-order valence-electron chi connectivity index (χ1n) is 9.10. The topological polar surface area (TPSA) is 26.3 Å². The molecule has 1 aliphatic carbocycles. The molecule has 0 radical (unpaired) electrons. The first-order chi connectivity index (χ1) is 12.7. The minimum Gasteiger partial charge on any atom is -0.426 e. The summed E-state index contributed by atoms with van der Waals surface area (Å²) in [4.78, 5) is 13.0. The maximum Gasteiger partial charge on any atom is 0.318 e. The van der Waals surface area contributed by atoms with Gasteiger partial charge in [0.05, 0.1) is 5.41 Å². The predicted octanol–water partition coefficient (Wildman–Crippen LogP) is 6.14. The van der Waals surface area contributed by atoms with Gasteiger partial charge in [0.2, 0.25) is 0 Å². The van der Waals surface area contributed by atoms with Crippen molar-refractivity contribution in [1.29, 1.82) is 0 Å². The van der Waals surface area contributed by atoms with Crippen LogP contribution in [-0.2, 0) is 9.53 Å². The summed E-state index contributed by atoms with van der Waals surface area (Å²) in [6, 6.07) is 17.9. The average Bonchev–Trinajstić information content (AvgIpc) is 3.15. The van der Waals surface area contributed by atoms with Gasteiger partial charge in [-0.3, -0.25) is 4.79 Å². The Morgan fingerprint density at radius 3 is 2.35 bits per heavy atom. The van der Waals surface area contributed by atoms with Crippen molar-refractivity contribution < 1.29 is 9.53 Å². The molecule has 4 rings (SSSR count). The second-order valence-corrected chi connectivity index (χ2v) is 7.53. The monoisotopic (exact) mass is 364 g/mol. The predicted molar refractivity (Wildman–Crippen MR) is 105 cm³/mol. The van der Waals surface area contributed by atoms with Crippen molar-refractivity contribution in [2.75, 3.05) is 0 Å². The molecule has 2 nitrogen and oxygen atoms in total. The maximum absolute atomic E-state index is 13.0. The van der Waals surface area contributed by atoms with Gasteiger partial charge in [0.25, 0.3) is 0 Å². The number of rotatable bonds is 3. The van der Waals surface area contributed by atoms with Gasteiger partial charge in [-0.2, -0.15) is 0 Å². The molecule has 2 aliphatic rings. The summed E-state index contributed by atoms with van der Waals surface area (Å²) in [5.74, 6) is 0.607. The Bertz CT molecular complexity index is 844. The number of hydrogen-bond acceptors (Lipinski definition) is 2. The van der Waals surface area contributed by atoms with Crippen LogP contribution in [0.25, 0.3) is 6.08 Å². The fourth-order valence-corrected chi connectivity index (χ4v) is 4.26. The van der Waals surface area contributed by atoms with Gasteiger partial charge in [-0.05, 0) is 48.3 Å². The molecule has 26 heavy (non-hydrogen) atoms. The molecule has 1 unspecified atom stereocenters. The molecular formula is C23H21ClO2. The Morgan fingerprint density at radius 2 is 1.65 bits per heavy atom. The maximum atomic E-state index is 13.0. The fraction of sp³-hybridized carbons (Fsp3) is 0.261. The summed E-state index contributed by atoms with van der Waals surface area (Å²) < 4.78 is 5.73. The van der Waals surface area contributed by atoms with Gasteiger partial charge >= 0.3 is 5.97 Å². The molecule has 1 heterocycles. The smallest absolute Gasteiger partial charge is 0.318 e.